The summed E-state index contributed by atoms with van der Waals surface area (Å²) in [5, 5.41) is 9.73. The van der Waals surface area contributed by atoms with Gasteiger partial charge < -0.3 is 14.6 Å². The molecule has 1 atom stereocenters. The smallest absolute Gasteiger partial charge is 0.176 e. The van der Waals surface area contributed by atoms with Crippen LogP contribution in [0.5, 0.6) is 0 Å². The zero-order valence-electron chi connectivity index (χ0n) is 13.3. The van der Waals surface area contributed by atoms with Gasteiger partial charge in [0.2, 0.25) is 0 Å². The molecule has 0 bridgehead atoms. The molecule has 0 heterocycles. The largest absolute Gasteiger partial charge is 0.389 e. The highest BCUT2D eigenvalue weighted by atomic mass is 16.7. The van der Waals surface area contributed by atoms with Crippen LogP contribution in [0.2, 0.25) is 0 Å². The standard InChI is InChI=1S/C13H26O3/c1-4-7-8-9-12(14)10-11-13(15-5-2)16-6-3/h10-14H,4-9H2,1-3H3/b11-10+/i1D3. The molecule has 0 saturated carbocycles. The lowest BCUT2D eigenvalue weighted by atomic mass is 10.1. The van der Waals surface area contributed by atoms with E-state index in [1.165, 1.54) is 0 Å². The van der Waals surface area contributed by atoms with E-state index < -0.39 is 19.2 Å². The number of unbranched alkanes of at least 4 members (excludes halogenated alkanes) is 1. The van der Waals surface area contributed by atoms with E-state index in [0.717, 1.165) is 0 Å². The highest BCUT2D eigenvalue weighted by Crippen LogP contribution is 2.06. The van der Waals surface area contributed by atoms with E-state index in [9.17, 15) is 5.11 Å². The minimum absolute atomic E-state index is 0.198. The van der Waals surface area contributed by atoms with Crippen LogP contribution in [0.4, 0.5) is 0 Å². The summed E-state index contributed by atoms with van der Waals surface area (Å²) in [7, 11) is 0. The first-order valence-corrected chi connectivity index (χ1v) is 5.98. The normalized spacial score (nSPS) is 17.4. The van der Waals surface area contributed by atoms with Crippen molar-refractivity contribution in [3.8, 4) is 0 Å². The third-order valence-corrected chi connectivity index (χ3v) is 2.08. The molecule has 0 aromatic heterocycles. The van der Waals surface area contributed by atoms with Crippen molar-refractivity contribution in [1.82, 2.24) is 0 Å². The summed E-state index contributed by atoms with van der Waals surface area (Å²) in [6.07, 6.45) is 4.38. The summed E-state index contributed by atoms with van der Waals surface area (Å²) in [6, 6.07) is 0. The molecule has 0 aliphatic carbocycles. The summed E-state index contributed by atoms with van der Waals surface area (Å²) < 4.78 is 31.8. The Labute approximate surface area is 104 Å². The van der Waals surface area contributed by atoms with Crippen molar-refractivity contribution in [3.05, 3.63) is 12.2 Å². The minimum atomic E-state index is -1.87. The summed E-state index contributed by atoms with van der Waals surface area (Å²) in [4.78, 5) is 0. The van der Waals surface area contributed by atoms with E-state index in [4.69, 9.17) is 13.6 Å². The summed E-state index contributed by atoms with van der Waals surface area (Å²) >= 11 is 0. The first kappa shape index (κ1) is 10.8. The molecule has 0 amide bonds. The van der Waals surface area contributed by atoms with Crippen molar-refractivity contribution in [3.63, 3.8) is 0 Å². The second-order valence-electron chi connectivity index (χ2n) is 3.48. The van der Waals surface area contributed by atoms with Gasteiger partial charge in [-0.1, -0.05) is 32.2 Å². The van der Waals surface area contributed by atoms with Gasteiger partial charge in [0, 0.05) is 17.3 Å². The molecule has 0 fully saturated rings. The average Bonchev–Trinajstić information content (AvgIpc) is 2.31. The maximum atomic E-state index is 9.73. The first-order valence-electron chi connectivity index (χ1n) is 7.48. The molecule has 0 spiro atoms. The zero-order chi connectivity index (χ0) is 14.7. The van der Waals surface area contributed by atoms with E-state index in [1.54, 1.807) is 12.2 Å². The molecule has 0 aromatic rings. The Balaban J connectivity index is 3.84. The Kier molecular flexibility index (Phi) is 7.47. The maximum absolute atomic E-state index is 9.73. The molecule has 0 aliphatic heterocycles. The number of hydrogen-bond acceptors (Lipinski definition) is 3. The number of rotatable bonds is 10. The molecule has 3 heteroatoms. The molecule has 1 unspecified atom stereocenters. The SMILES string of the molecule is [2H]C([2H])([2H])CCCCC(O)/C=C/C(OCC)OCC. The van der Waals surface area contributed by atoms with Crippen molar-refractivity contribution in [2.24, 2.45) is 0 Å². The van der Waals surface area contributed by atoms with Crippen molar-refractivity contribution < 1.29 is 18.7 Å². The predicted octanol–water partition coefficient (Wildman–Crippen LogP) is 2.88. The molecule has 0 saturated heterocycles. The van der Waals surface area contributed by atoms with Crippen LogP contribution in [-0.4, -0.2) is 30.7 Å². The molecule has 3 nitrogen and oxygen atoms in total. The fraction of sp³-hybridized carbons (Fsp3) is 0.846. The number of hydrogen-bond donors (Lipinski definition) is 1. The van der Waals surface area contributed by atoms with Crippen LogP contribution < -0.4 is 0 Å². The molecule has 0 aromatic carbocycles. The van der Waals surface area contributed by atoms with Crippen LogP contribution in [0.15, 0.2) is 12.2 Å². The minimum Gasteiger partial charge on any atom is -0.389 e. The topological polar surface area (TPSA) is 38.7 Å². The summed E-state index contributed by atoms with van der Waals surface area (Å²) in [5.74, 6) is 0. The molecule has 1 N–H and O–H groups in total. The maximum Gasteiger partial charge on any atom is 0.176 e. The van der Waals surface area contributed by atoms with Gasteiger partial charge in [-0.05, 0) is 26.3 Å². The van der Waals surface area contributed by atoms with Gasteiger partial charge in [0.25, 0.3) is 0 Å². The Morgan fingerprint density at radius 2 is 1.88 bits per heavy atom. The van der Waals surface area contributed by atoms with Gasteiger partial charge in [0.1, 0.15) is 0 Å². The monoisotopic (exact) mass is 233 g/mol. The second-order valence-corrected chi connectivity index (χ2v) is 3.48. The molecule has 0 rings (SSSR count). The summed E-state index contributed by atoms with van der Waals surface area (Å²) in [5.41, 5.74) is 0. The second kappa shape index (κ2) is 11.1. The lowest BCUT2D eigenvalue weighted by Gasteiger charge is -2.13. The van der Waals surface area contributed by atoms with Gasteiger partial charge in [0.05, 0.1) is 6.10 Å². The van der Waals surface area contributed by atoms with E-state index in [-0.39, 0.29) is 6.42 Å². The molecule has 96 valence electrons. The fourth-order valence-electron chi connectivity index (χ4n) is 1.28. The fourth-order valence-corrected chi connectivity index (χ4v) is 1.28. The van der Waals surface area contributed by atoms with Crippen LogP contribution in [0, 0.1) is 0 Å². The van der Waals surface area contributed by atoms with Gasteiger partial charge in [-0.15, -0.1) is 0 Å². The number of aliphatic hydroxyl groups is 1. The van der Waals surface area contributed by atoms with E-state index in [1.807, 2.05) is 13.8 Å². The first-order chi connectivity index (χ1) is 8.89. The van der Waals surface area contributed by atoms with Crippen molar-refractivity contribution in [2.75, 3.05) is 13.2 Å². The van der Waals surface area contributed by atoms with Gasteiger partial charge in [-0.2, -0.15) is 0 Å². The Morgan fingerprint density at radius 1 is 1.19 bits per heavy atom. The van der Waals surface area contributed by atoms with Crippen LogP contribution in [0.1, 0.15) is 50.5 Å². The highest BCUT2D eigenvalue weighted by Gasteiger charge is 2.04. The quantitative estimate of drug-likeness (QED) is 0.358. The average molecular weight is 233 g/mol. The Hall–Kier alpha value is -0.380. The molecular formula is C13H26O3. The Bertz CT molecular complexity index is 236. The van der Waals surface area contributed by atoms with Crippen LogP contribution in [0.25, 0.3) is 0 Å². The molecule has 0 radical (unpaired) electrons. The lowest BCUT2D eigenvalue weighted by molar-refractivity contribution is -0.104. The molecular weight excluding hydrogens is 204 g/mol. The molecule has 0 aliphatic rings. The highest BCUT2D eigenvalue weighted by molar-refractivity contribution is 4.91. The third-order valence-electron chi connectivity index (χ3n) is 2.08. The third kappa shape index (κ3) is 8.89. The van der Waals surface area contributed by atoms with Crippen molar-refractivity contribution >= 4 is 0 Å². The lowest BCUT2D eigenvalue weighted by Crippen LogP contribution is -2.15. The van der Waals surface area contributed by atoms with Gasteiger partial charge in [-0.25, -0.2) is 0 Å². The van der Waals surface area contributed by atoms with E-state index in [2.05, 4.69) is 0 Å². The van der Waals surface area contributed by atoms with Crippen LogP contribution in [-0.2, 0) is 9.47 Å². The van der Waals surface area contributed by atoms with Gasteiger partial charge in [-0.3, -0.25) is 0 Å². The molecule has 16 heavy (non-hydrogen) atoms. The van der Waals surface area contributed by atoms with Crippen LogP contribution >= 0.6 is 0 Å². The van der Waals surface area contributed by atoms with Gasteiger partial charge in [0.15, 0.2) is 6.29 Å². The van der Waals surface area contributed by atoms with E-state index in [0.29, 0.717) is 32.5 Å². The van der Waals surface area contributed by atoms with Crippen molar-refractivity contribution in [1.29, 1.82) is 0 Å². The predicted molar refractivity (Wildman–Crippen MR) is 66.3 cm³/mol. The van der Waals surface area contributed by atoms with E-state index >= 15 is 0 Å². The number of aliphatic hydroxyl groups excluding tert-OH is 1. The zero-order valence-corrected chi connectivity index (χ0v) is 10.3. The number of ether oxygens (including phenoxy) is 2. The Morgan fingerprint density at radius 3 is 2.44 bits per heavy atom. The van der Waals surface area contributed by atoms with Crippen LogP contribution in [0.3, 0.4) is 0 Å². The van der Waals surface area contributed by atoms with Crippen molar-refractivity contribution in [2.45, 2.75) is 58.8 Å². The summed E-state index contributed by atoms with van der Waals surface area (Å²) in [6.45, 7) is 2.99. The van der Waals surface area contributed by atoms with Gasteiger partial charge >= 0.3 is 0 Å².